The van der Waals surface area contributed by atoms with Crippen molar-refractivity contribution >= 4 is 27.4 Å². The molecular formula is C21H28N4O3S. The van der Waals surface area contributed by atoms with Crippen molar-refractivity contribution in [2.75, 3.05) is 25.2 Å². The van der Waals surface area contributed by atoms with Crippen LogP contribution in [-0.2, 0) is 27.6 Å². The molecule has 2 aromatic carbocycles. The molecule has 156 valence electrons. The van der Waals surface area contributed by atoms with E-state index in [0.29, 0.717) is 23.0 Å². The number of nitrogens with zero attached hydrogens (tertiary/aromatic N) is 1. The second-order valence-corrected chi connectivity index (χ2v) is 8.74. The van der Waals surface area contributed by atoms with Crippen molar-refractivity contribution < 1.29 is 13.2 Å². The number of aryl methyl sites for hydroxylation is 2. The van der Waals surface area contributed by atoms with Gasteiger partial charge in [0.15, 0.2) is 15.8 Å². The van der Waals surface area contributed by atoms with Crippen LogP contribution in [0.25, 0.3) is 0 Å². The Hall–Kier alpha value is -2.87. The molecule has 7 nitrogen and oxygen atoms in total. The van der Waals surface area contributed by atoms with Gasteiger partial charge in [-0.2, -0.15) is 0 Å². The van der Waals surface area contributed by atoms with Gasteiger partial charge in [0.25, 0.3) is 0 Å². The van der Waals surface area contributed by atoms with E-state index >= 15 is 0 Å². The number of carbonyl (C=O) groups is 1. The van der Waals surface area contributed by atoms with Gasteiger partial charge in [0.2, 0.25) is 5.91 Å². The number of nitrogens with one attached hydrogen (secondary N) is 3. The first-order chi connectivity index (χ1) is 13.7. The molecule has 0 spiro atoms. The Labute approximate surface area is 172 Å². The van der Waals surface area contributed by atoms with Gasteiger partial charge in [0.1, 0.15) is 0 Å². The molecule has 0 atom stereocenters. The number of aliphatic imine (C=N–C) groups is 1. The van der Waals surface area contributed by atoms with Crippen molar-refractivity contribution in [3.63, 3.8) is 0 Å². The van der Waals surface area contributed by atoms with E-state index in [1.165, 1.54) is 6.26 Å². The van der Waals surface area contributed by atoms with Crippen molar-refractivity contribution in [1.29, 1.82) is 0 Å². The molecule has 0 aliphatic carbocycles. The van der Waals surface area contributed by atoms with Crippen molar-refractivity contribution in [3.8, 4) is 0 Å². The molecule has 0 radical (unpaired) electrons. The predicted octanol–water partition coefficient (Wildman–Crippen LogP) is 2.26. The van der Waals surface area contributed by atoms with Gasteiger partial charge in [0, 0.05) is 25.5 Å². The lowest BCUT2D eigenvalue weighted by Crippen LogP contribution is -2.41. The molecule has 0 aliphatic heterocycles. The highest BCUT2D eigenvalue weighted by molar-refractivity contribution is 7.90. The van der Waals surface area contributed by atoms with Gasteiger partial charge in [-0.05, 0) is 48.2 Å². The molecule has 2 aromatic rings. The van der Waals surface area contributed by atoms with Crippen LogP contribution in [0.1, 0.15) is 23.6 Å². The zero-order valence-corrected chi connectivity index (χ0v) is 18.1. The van der Waals surface area contributed by atoms with Crippen LogP contribution in [0.5, 0.6) is 0 Å². The SMILES string of the molecule is CCc1cccc(NC(=O)CNC(=NC)NCc2ccc(S(C)(=O)=O)c(C)c2)c1. The minimum atomic E-state index is -3.24. The smallest absolute Gasteiger partial charge is 0.243 e. The van der Waals surface area contributed by atoms with Crippen molar-refractivity contribution in [1.82, 2.24) is 10.6 Å². The average Bonchev–Trinajstić information content (AvgIpc) is 2.67. The molecule has 2 rings (SSSR count). The van der Waals surface area contributed by atoms with Crippen molar-refractivity contribution in [2.24, 2.45) is 4.99 Å². The summed E-state index contributed by atoms with van der Waals surface area (Å²) < 4.78 is 23.4. The summed E-state index contributed by atoms with van der Waals surface area (Å²) in [6.45, 7) is 4.35. The molecule has 0 saturated carbocycles. The van der Waals surface area contributed by atoms with Crippen LogP contribution in [0, 0.1) is 6.92 Å². The fourth-order valence-electron chi connectivity index (χ4n) is 2.88. The Kier molecular flexibility index (Phi) is 7.78. The lowest BCUT2D eigenvalue weighted by atomic mass is 10.1. The van der Waals surface area contributed by atoms with Crippen molar-refractivity contribution in [2.45, 2.75) is 31.7 Å². The summed E-state index contributed by atoms with van der Waals surface area (Å²) >= 11 is 0. The van der Waals surface area contributed by atoms with E-state index in [2.05, 4.69) is 27.9 Å². The van der Waals surface area contributed by atoms with Crippen molar-refractivity contribution in [3.05, 3.63) is 59.2 Å². The lowest BCUT2D eigenvalue weighted by Gasteiger charge is -2.13. The maximum Gasteiger partial charge on any atom is 0.243 e. The Morgan fingerprint density at radius 3 is 2.45 bits per heavy atom. The molecule has 0 aliphatic rings. The number of anilines is 1. The molecule has 0 unspecified atom stereocenters. The Balaban J connectivity index is 1.87. The van der Waals surface area contributed by atoms with Crippen LogP contribution in [0.4, 0.5) is 5.69 Å². The third kappa shape index (κ3) is 6.90. The zero-order chi connectivity index (χ0) is 21.4. The summed E-state index contributed by atoms with van der Waals surface area (Å²) in [7, 11) is -1.61. The summed E-state index contributed by atoms with van der Waals surface area (Å²) in [4.78, 5) is 16.6. The number of guanidine groups is 1. The number of amides is 1. The quantitative estimate of drug-likeness (QED) is 0.475. The average molecular weight is 417 g/mol. The standard InChI is InChI=1S/C21H28N4O3S/c1-5-16-7-6-8-18(12-16)25-20(26)14-24-21(22-3)23-13-17-9-10-19(15(2)11-17)29(4,27)28/h6-12H,5,13-14H2,1-4H3,(H,25,26)(H2,22,23,24). The minimum absolute atomic E-state index is 0.0715. The number of sulfone groups is 1. The van der Waals surface area contributed by atoms with Crippen LogP contribution in [0.2, 0.25) is 0 Å². The first-order valence-corrected chi connectivity index (χ1v) is 11.2. The molecular weight excluding hydrogens is 388 g/mol. The van der Waals surface area contributed by atoms with Gasteiger partial charge in [0.05, 0.1) is 11.4 Å². The van der Waals surface area contributed by atoms with Gasteiger partial charge >= 0.3 is 0 Å². The van der Waals surface area contributed by atoms with Gasteiger partial charge in [-0.3, -0.25) is 9.79 Å². The predicted molar refractivity (Wildman–Crippen MR) is 117 cm³/mol. The highest BCUT2D eigenvalue weighted by Crippen LogP contribution is 2.16. The van der Waals surface area contributed by atoms with Crippen LogP contribution in [-0.4, -0.2) is 40.1 Å². The molecule has 1 amide bonds. The van der Waals surface area contributed by atoms with Crippen LogP contribution >= 0.6 is 0 Å². The molecule has 0 bridgehead atoms. The third-order valence-corrected chi connectivity index (χ3v) is 5.61. The second-order valence-electron chi connectivity index (χ2n) is 6.75. The first kappa shape index (κ1) is 22.4. The van der Waals surface area contributed by atoms with E-state index in [1.807, 2.05) is 30.3 Å². The third-order valence-electron chi connectivity index (χ3n) is 4.36. The first-order valence-electron chi connectivity index (χ1n) is 9.35. The van der Waals surface area contributed by atoms with Gasteiger partial charge in [-0.15, -0.1) is 0 Å². The fourth-order valence-corrected chi connectivity index (χ4v) is 3.84. The lowest BCUT2D eigenvalue weighted by molar-refractivity contribution is -0.115. The van der Waals surface area contributed by atoms with Crippen LogP contribution in [0.15, 0.2) is 52.4 Å². The Morgan fingerprint density at radius 1 is 1.07 bits per heavy atom. The van der Waals surface area contributed by atoms with E-state index in [0.717, 1.165) is 23.2 Å². The molecule has 3 N–H and O–H groups in total. The fraction of sp³-hybridized carbons (Fsp3) is 0.333. The summed E-state index contributed by atoms with van der Waals surface area (Å²) in [6.07, 6.45) is 2.10. The highest BCUT2D eigenvalue weighted by atomic mass is 32.2. The minimum Gasteiger partial charge on any atom is -0.352 e. The van der Waals surface area contributed by atoms with E-state index < -0.39 is 9.84 Å². The topological polar surface area (TPSA) is 99.7 Å². The summed E-state index contributed by atoms with van der Waals surface area (Å²) in [5.41, 5.74) is 3.54. The Morgan fingerprint density at radius 2 is 1.83 bits per heavy atom. The maximum atomic E-state index is 12.2. The molecule has 0 heterocycles. The maximum absolute atomic E-state index is 12.2. The van der Waals surface area contributed by atoms with Gasteiger partial charge < -0.3 is 16.0 Å². The number of benzene rings is 2. The normalized spacial score (nSPS) is 11.8. The molecule has 0 aromatic heterocycles. The molecule has 0 fully saturated rings. The van der Waals surface area contributed by atoms with E-state index in [1.54, 1.807) is 26.1 Å². The molecule has 8 heteroatoms. The zero-order valence-electron chi connectivity index (χ0n) is 17.2. The summed E-state index contributed by atoms with van der Waals surface area (Å²) in [6, 6.07) is 12.9. The van der Waals surface area contributed by atoms with Gasteiger partial charge in [-0.25, -0.2) is 8.42 Å². The highest BCUT2D eigenvalue weighted by Gasteiger charge is 2.11. The van der Waals surface area contributed by atoms with E-state index in [4.69, 9.17) is 0 Å². The van der Waals surface area contributed by atoms with E-state index in [-0.39, 0.29) is 12.5 Å². The Bertz CT molecular complexity index is 1000. The van der Waals surface area contributed by atoms with Gasteiger partial charge in [-0.1, -0.05) is 31.2 Å². The number of carbonyl (C=O) groups excluding carboxylic acids is 1. The van der Waals surface area contributed by atoms with E-state index in [9.17, 15) is 13.2 Å². The number of rotatable bonds is 7. The molecule has 0 saturated heterocycles. The molecule has 29 heavy (non-hydrogen) atoms. The van der Waals surface area contributed by atoms with Crippen LogP contribution < -0.4 is 16.0 Å². The number of hydrogen-bond donors (Lipinski definition) is 3. The summed E-state index contributed by atoms with van der Waals surface area (Å²) in [5.74, 6) is 0.307. The second kappa shape index (κ2) is 10.1. The monoisotopic (exact) mass is 416 g/mol. The number of hydrogen-bond acceptors (Lipinski definition) is 4. The van der Waals surface area contributed by atoms with Crippen LogP contribution in [0.3, 0.4) is 0 Å². The largest absolute Gasteiger partial charge is 0.352 e. The summed E-state index contributed by atoms with van der Waals surface area (Å²) in [5, 5.41) is 8.94.